The molecule has 4 aromatic rings. The molecule has 1 aromatic carbocycles. The number of alkyl halides is 1. The van der Waals surface area contributed by atoms with Gasteiger partial charge in [0.2, 0.25) is 0 Å². The van der Waals surface area contributed by atoms with Gasteiger partial charge < -0.3 is 14.8 Å². The van der Waals surface area contributed by atoms with Crippen LogP contribution in [-0.4, -0.2) is 43.1 Å². The van der Waals surface area contributed by atoms with E-state index in [-0.39, 0.29) is 18.2 Å². The maximum absolute atomic E-state index is 9.81. The van der Waals surface area contributed by atoms with E-state index in [2.05, 4.69) is 79.9 Å². The second-order valence-electron chi connectivity index (χ2n) is 8.35. The van der Waals surface area contributed by atoms with Gasteiger partial charge in [0, 0.05) is 29.9 Å². The quantitative estimate of drug-likeness (QED) is 0.175. The first-order valence-corrected chi connectivity index (χ1v) is 14.0. The molecular formula is C26H27IN6O2S. The van der Waals surface area contributed by atoms with Gasteiger partial charge in [0.05, 0.1) is 24.0 Å². The summed E-state index contributed by atoms with van der Waals surface area (Å²) < 4.78 is 12.7. The second-order valence-corrected chi connectivity index (χ2v) is 10.2. The Hall–Kier alpha value is -2.72. The van der Waals surface area contributed by atoms with E-state index in [1.807, 2.05) is 24.3 Å². The Morgan fingerprint density at radius 2 is 1.83 bits per heavy atom. The Kier molecular flexibility index (Phi) is 9.52. The normalized spacial score (nSPS) is 13.7. The van der Waals surface area contributed by atoms with Crippen LogP contribution in [0.1, 0.15) is 41.6 Å². The van der Waals surface area contributed by atoms with Crippen LogP contribution in [0.15, 0.2) is 54.9 Å². The number of nitriles is 1. The number of benzene rings is 1. The standard InChI is InChI=1S/C26H27IN6O2S/c1-17(12-27)35-18(2)14-29-15-19-5-7-20(8-6-19)16-34-26-31-11-9-22(33-26)21(13-28)24-32-23-4-3-10-30-25(23)36-24/h3-11,17-18,21,29H,12,14-16H2,1-2H3. The van der Waals surface area contributed by atoms with E-state index in [0.29, 0.717) is 17.3 Å². The number of nitrogens with one attached hydrogen (secondary N) is 1. The Morgan fingerprint density at radius 1 is 1.03 bits per heavy atom. The second kappa shape index (κ2) is 13.0. The predicted octanol–water partition coefficient (Wildman–Crippen LogP) is 5.03. The van der Waals surface area contributed by atoms with Crippen LogP contribution in [0.5, 0.6) is 6.01 Å². The van der Waals surface area contributed by atoms with E-state index in [9.17, 15) is 5.26 Å². The van der Waals surface area contributed by atoms with Crippen LogP contribution in [0.3, 0.4) is 0 Å². The van der Waals surface area contributed by atoms with Gasteiger partial charge >= 0.3 is 6.01 Å². The molecule has 0 aliphatic rings. The van der Waals surface area contributed by atoms with Crippen LogP contribution in [0.2, 0.25) is 0 Å². The molecule has 1 N–H and O–H groups in total. The van der Waals surface area contributed by atoms with Crippen molar-refractivity contribution in [2.45, 2.75) is 45.1 Å². The predicted molar refractivity (Wildman–Crippen MR) is 148 cm³/mol. The summed E-state index contributed by atoms with van der Waals surface area (Å²) in [5, 5.41) is 13.9. The molecule has 0 aliphatic heterocycles. The van der Waals surface area contributed by atoms with Crippen molar-refractivity contribution in [3.05, 3.63) is 76.7 Å². The number of rotatable bonds is 12. The SMILES string of the molecule is CC(CI)OC(C)CNCc1ccc(COc2nccc(C(C#N)c3nc4cccnc4s3)n2)cc1. The number of thiazole rings is 1. The van der Waals surface area contributed by atoms with Crippen LogP contribution >= 0.6 is 33.9 Å². The molecule has 0 spiro atoms. The van der Waals surface area contributed by atoms with Crippen molar-refractivity contribution >= 4 is 44.3 Å². The van der Waals surface area contributed by atoms with Gasteiger partial charge in [-0.1, -0.05) is 58.2 Å². The van der Waals surface area contributed by atoms with Crippen molar-refractivity contribution in [3.8, 4) is 12.1 Å². The van der Waals surface area contributed by atoms with Crippen LogP contribution in [0, 0.1) is 11.3 Å². The fourth-order valence-corrected chi connectivity index (χ4v) is 4.72. The number of pyridine rings is 1. The minimum absolute atomic E-state index is 0.171. The fourth-order valence-electron chi connectivity index (χ4n) is 3.54. The first-order chi connectivity index (χ1) is 17.6. The van der Waals surface area contributed by atoms with Gasteiger partial charge in [0.15, 0.2) is 0 Å². The third kappa shape index (κ3) is 7.16. The molecule has 0 bridgehead atoms. The zero-order valence-corrected chi connectivity index (χ0v) is 23.1. The van der Waals surface area contributed by atoms with Crippen LogP contribution in [0.25, 0.3) is 10.3 Å². The number of hydrogen-bond donors (Lipinski definition) is 1. The minimum Gasteiger partial charge on any atom is -0.459 e. The van der Waals surface area contributed by atoms with Crippen molar-refractivity contribution in [3.63, 3.8) is 0 Å². The number of halogens is 1. The van der Waals surface area contributed by atoms with Crippen LogP contribution in [0.4, 0.5) is 0 Å². The van der Waals surface area contributed by atoms with Crippen molar-refractivity contribution in [1.29, 1.82) is 5.26 Å². The molecule has 3 aromatic heterocycles. The summed E-state index contributed by atoms with van der Waals surface area (Å²) in [7, 11) is 0. The summed E-state index contributed by atoms with van der Waals surface area (Å²) in [6.45, 7) is 6.08. The van der Waals surface area contributed by atoms with E-state index >= 15 is 0 Å². The molecule has 0 saturated heterocycles. The van der Waals surface area contributed by atoms with E-state index in [1.165, 1.54) is 16.9 Å². The van der Waals surface area contributed by atoms with Gasteiger partial charge in [-0.05, 0) is 43.2 Å². The summed E-state index contributed by atoms with van der Waals surface area (Å²) in [5.74, 6) is -0.612. The Morgan fingerprint density at radius 3 is 2.58 bits per heavy atom. The van der Waals surface area contributed by atoms with Gasteiger partial charge in [-0.25, -0.2) is 15.0 Å². The Bertz CT molecular complexity index is 1280. The third-order valence-corrected chi connectivity index (χ3v) is 7.63. The van der Waals surface area contributed by atoms with Gasteiger partial charge in [0.1, 0.15) is 27.9 Å². The molecule has 3 atom stereocenters. The molecule has 10 heteroatoms. The van der Waals surface area contributed by atoms with Crippen molar-refractivity contribution in [1.82, 2.24) is 25.3 Å². The number of ether oxygens (including phenoxy) is 2. The molecule has 3 unspecified atom stereocenters. The maximum Gasteiger partial charge on any atom is 0.316 e. The first kappa shape index (κ1) is 26.3. The van der Waals surface area contributed by atoms with Gasteiger partial charge in [-0.15, -0.1) is 0 Å². The van der Waals surface area contributed by atoms with E-state index < -0.39 is 5.92 Å². The number of nitrogens with zero attached hydrogens (tertiary/aromatic N) is 5. The highest BCUT2D eigenvalue weighted by Gasteiger charge is 2.21. The van der Waals surface area contributed by atoms with Gasteiger partial charge in [0.25, 0.3) is 0 Å². The largest absolute Gasteiger partial charge is 0.459 e. The smallest absolute Gasteiger partial charge is 0.316 e. The molecule has 3 heterocycles. The molecule has 0 aliphatic carbocycles. The van der Waals surface area contributed by atoms with E-state index in [1.54, 1.807) is 18.5 Å². The molecule has 0 amide bonds. The summed E-state index contributed by atoms with van der Waals surface area (Å²) in [6, 6.07) is 16.2. The van der Waals surface area contributed by atoms with Gasteiger partial charge in [-0.2, -0.15) is 10.2 Å². The lowest BCUT2D eigenvalue weighted by atomic mass is 10.1. The third-order valence-electron chi connectivity index (χ3n) is 5.34. The number of hydrogen-bond acceptors (Lipinski definition) is 9. The number of aromatic nitrogens is 4. The monoisotopic (exact) mass is 614 g/mol. The molecule has 4 rings (SSSR count). The molecule has 0 fully saturated rings. The Balaban J connectivity index is 1.31. The summed E-state index contributed by atoms with van der Waals surface area (Å²) in [6.07, 6.45) is 3.76. The molecule has 0 radical (unpaired) electrons. The maximum atomic E-state index is 9.81. The van der Waals surface area contributed by atoms with E-state index in [0.717, 1.165) is 33.4 Å². The average molecular weight is 615 g/mol. The lowest BCUT2D eigenvalue weighted by molar-refractivity contribution is 0.0235. The average Bonchev–Trinajstić information content (AvgIpc) is 3.32. The van der Waals surface area contributed by atoms with Gasteiger partial charge in [-0.3, -0.25) is 0 Å². The summed E-state index contributed by atoms with van der Waals surface area (Å²) in [5.41, 5.74) is 3.52. The topological polar surface area (TPSA) is 106 Å². The van der Waals surface area contributed by atoms with Crippen molar-refractivity contribution in [2.75, 3.05) is 11.0 Å². The van der Waals surface area contributed by atoms with E-state index in [4.69, 9.17) is 9.47 Å². The molecule has 36 heavy (non-hydrogen) atoms. The first-order valence-electron chi connectivity index (χ1n) is 11.6. The van der Waals surface area contributed by atoms with Crippen LogP contribution in [-0.2, 0) is 17.9 Å². The molecular weight excluding hydrogens is 587 g/mol. The highest BCUT2D eigenvalue weighted by Crippen LogP contribution is 2.30. The minimum atomic E-state index is -0.612. The highest BCUT2D eigenvalue weighted by molar-refractivity contribution is 14.1. The molecule has 186 valence electrons. The fraction of sp³-hybridized carbons (Fsp3) is 0.346. The molecule has 8 nitrogen and oxygen atoms in total. The van der Waals surface area contributed by atoms with Crippen LogP contribution < -0.4 is 10.1 Å². The Labute approximate surface area is 228 Å². The highest BCUT2D eigenvalue weighted by atomic mass is 127. The summed E-state index contributed by atoms with van der Waals surface area (Å²) >= 11 is 3.73. The number of fused-ring (bicyclic) bond motifs is 1. The molecule has 0 saturated carbocycles. The zero-order chi connectivity index (χ0) is 25.3. The lowest BCUT2D eigenvalue weighted by Crippen LogP contribution is -2.29. The van der Waals surface area contributed by atoms with Crippen molar-refractivity contribution < 1.29 is 9.47 Å². The summed E-state index contributed by atoms with van der Waals surface area (Å²) in [4.78, 5) is 18.4. The van der Waals surface area contributed by atoms with Crippen molar-refractivity contribution in [2.24, 2.45) is 0 Å². The zero-order valence-electron chi connectivity index (χ0n) is 20.1. The lowest BCUT2D eigenvalue weighted by Gasteiger charge is -2.18.